The Morgan fingerprint density at radius 2 is 1.90 bits per heavy atom. The van der Waals surface area contributed by atoms with Gasteiger partial charge < -0.3 is 24.5 Å². The van der Waals surface area contributed by atoms with E-state index in [1.807, 2.05) is 37.3 Å². The van der Waals surface area contributed by atoms with E-state index in [1.165, 1.54) is 12.3 Å². The van der Waals surface area contributed by atoms with E-state index in [4.69, 9.17) is 4.74 Å². The van der Waals surface area contributed by atoms with Gasteiger partial charge in [-0.25, -0.2) is 8.78 Å². The standard InChI is InChI=1S/C30H31F2N5O4/c1-18-9-12-24(34-35(2)3)25-16-36(18)30(40)26-28(41-17-19-7-5-4-6-8-19)27(38)22(15-37(25)26)29(39)33-14-20-10-11-21(31)13-23(20)32/h4-8,10-11,13,15,18,25H,9,12,14,16-17H2,1-3H3,(H,33,39)/b34-24+/t18-,25+/m0/s1. The van der Waals surface area contributed by atoms with E-state index in [0.717, 1.165) is 23.4 Å². The number of ether oxygens (including phenoxy) is 1. The molecule has 0 radical (unpaired) electrons. The number of hydrazone groups is 1. The van der Waals surface area contributed by atoms with Gasteiger partial charge in [0.2, 0.25) is 5.43 Å². The van der Waals surface area contributed by atoms with Crippen molar-refractivity contribution in [1.82, 2.24) is 19.8 Å². The molecule has 2 aliphatic rings. The summed E-state index contributed by atoms with van der Waals surface area (Å²) in [6, 6.07) is 11.7. The molecule has 1 N–H and O–H groups in total. The van der Waals surface area contributed by atoms with Gasteiger partial charge in [-0.1, -0.05) is 36.4 Å². The summed E-state index contributed by atoms with van der Waals surface area (Å²) in [7, 11) is 3.61. The van der Waals surface area contributed by atoms with Crippen LogP contribution in [0.2, 0.25) is 0 Å². The normalized spacial score (nSPS) is 19.0. The molecule has 3 heterocycles. The number of carbonyl (C=O) groups excluding carboxylic acids is 2. The van der Waals surface area contributed by atoms with Crippen molar-refractivity contribution in [2.24, 2.45) is 5.10 Å². The van der Waals surface area contributed by atoms with Crippen LogP contribution in [-0.4, -0.2) is 58.7 Å². The highest BCUT2D eigenvalue weighted by atomic mass is 19.1. The van der Waals surface area contributed by atoms with Crippen molar-refractivity contribution in [3.63, 3.8) is 0 Å². The van der Waals surface area contributed by atoms with Gasteiger partial charge in [0.25, 0.3) is 11.8 Å². The molecule has 0 saturated carbocycles. The van der Waals surface area contributed by atoms with E-state index >= 15 is 0 Å². The highest BCUT2D eigenvalue weighted by Gasteiger charge is 2.42. The number of nitrogens with zero attached hydrogens (tertiary/aromatic N) is 4. The Morgan fingerprint density at radius 1 is 1.15 bits per heavy atom. The van der Waals surface area contributed by atoms with E-state index in [-0.39, 0.29) is 47.7 Å². The summed E-state index contributed by atoms with van der Waals surface area (Å²) in [5.74, 6) is -2.92. The van der Waals surface area contributed by atoms with Crippen molar-refractivity contribution in [2.45, 2.75) is 45.0 Å². The zero-order valence-corrected chi connectivity index (χ0v) is 23.1. The number of rotatable bonds is 7. The molecule has 5 rings (SSSR count). The minimum absolute atomic E-state index is 0.00108. The summed E-state index contributed by atoms with van der Waals surface area (Å²) in [4.78, 5) is 42.7. The molecule has 0 spiro atoms. The van der Waals surface area contributed by atoms with Crippen LogP contribution in [0.1, 0.15) is 57.8 Å². The number of hydrogen-bond acceptors (Lipinski definition) is 6. The average Bonchev–Trinajstić information content (AvgIpc) is 3.08. The van der Waals surface area contributed by atoms with Crippen LogP contribution in [0.4, 0.5) is 8.78 Å². The molecule has 1 saturated heterocycles. The first-order valence-corrected chi connectivity index (χ1v) is 13.4. The Hall–Kier alpha value is -4.54. The fourth-order valence-corrected chi connectivity index (χ4v) is 5.22. The number of pyridine rings is 1. The highest BCUT2D eigenvalue weighted by Crippen LogP contribution is 2.34. The van der Waals surface area contributed by atoms with E-state index in [1.54, 1.807) is 28.6 Å². The molecule has 1 aromatic heterocycles. The second kappa shape index (κ2) is 11.5. The van der Waals surface area contributed by atoms with Gasteiger partial charge in [0.1, 0.15) is 23.8 Å². The molecular weight excluding hydrogens is 532 g/mol. The van der Waals surface area contributed by atoms with E-state index in [0.29, 0.717) is 19.4 Å². The number of amides is 2. The van der Waals surface area contributed by atoms with Crippen LogP contribution >= 0.6 is 0 Å². The molecule has 2 atom stereocenters. The molecule has 0 unspecified atom stereocenters. The summed E-state index contributed by atoms with van der Waals surface area (Å²) in [5, 5.41) is 8.92. The fraction of sp³-hybridized carbons (Fsp3) is 0.333. The Kier molecular flexibility index (Phi) is 7.87. The van der Waals surface area contributed by atoms with Crippen LogP contribution in [0.25, 0.3) is 0 Å². The molecule has 2 aliphatic heterocycles. The maximum atomic E-state index is 14.2. The lowest BCUT2D eigenvalue weighted by molar-refractivity contribution is 0.0616. The highest BCUT2D eigenvalue weighted by molar-refractivity contribution is 6.02. The Balaban J connectivity index is 1.60. The molecule has 11 heteroatoms. The van der Waals surface area contributed by atoms with Crippen LogP contribution in [0.15, 0.2) is 64.6 Å². The number of nitrogens with one attached hydrogen (secondary N) is 1. The summed E-state index contributed by atoms with van der Waals surface area (Å²) in [5.41, 5.74) is 0.677. The van der Waals surface area contributed by atoms with Gasteiger partial charge in [-0.3, -0.25) is 14.4 Å². The van der Waals surface area contributed by atoms with Gasteiger partial charge in [0.15, 0.2) is 11.4 Å². The van der Waals surface area contributed by atoms with E-state index in [9.17, 15) is 23.2 Å². The number of hydrogen-bond donors (Lipinski definition) is 1. The van der Waals surface area contributed by atoms with E-state index < -0.39 is 29.0 Å². The summed E-state index contributed by atoms with van der Waals surface area (Å²) in [6.07, 6.45) is 2.67. The maximum Gasteiger partial charge on any atom is 0.274 e. The third kappa shape index (κ3) is 5.70. The second-order valence-corrected chi connectivity index (χ2v) is 10.4. The first-order valence-electron chi connectivity index (χ1n) is 13.4. The molecule has 2 amide bonds. The monoisotopic (exact) mass is 563 g/mol. The third-order valence-electron chi connectivity index (χ3n) is 7.35. The Bertz CT molecular complexity index is 1570. The van der Waals surface area contributed by atoms with Crippen molar-refractivity contribution in [1.29, 1.82) is 0 Å². The lowest BCUT2D eigenvalue weighted by Gasteiger charge is -2.37. The van der Waals surface area contributed by atoms with Gasteiger partial charge in [0.05, 0.1) is 11.8 Å². The van der Waals surface area contributed by atoms with Crippen LogP contribution in [0.3, 0.4) is 0 Å². The van der Waals surface area contributed by atoms with Gasteiger partial charge in [-0.05, 0) is 31.4 Å². The first-order chi connectivity index (χ1) is 19.6. The Labute approximate surface area is 236 Å². The largest absolute Gasteiger partial charge is 0.483 e. The predicted molar refractivity (Wildman–Crippen MR) is 149 cm³/mol. The second-order valence-electron chi connectivity index (χ2n) is 10.4. The van der Waals surface area contributed by atoms with Crippen LogP contribution in [0, 0.1) is 11.6 Å². The molecule has 214 valence electrons. The van der Waals surface area contributed by atoms with Crippen molar-refractivity contribution in [3.8, 4) is 5.75 Å². The smallest absolute Gasteiger partial charge is 0.274 e. The van der Waals surface area contributed by atoms with Gasteiger partial charge in [-0.2, -0.15) is 5.10 Å². The minimum atomic E-state index is -0.817. The van der Waals surface area contributed by atoms with Crippen LogP contribution in [-0.2, 0) is 13.2 Å². The summed E-state index contributed by atoms with van der Waals surface area (Å²) < 4.78 is 35.2. The lowest BCUT2D eigenvalue weighted by atomic mass is 10.0. The number of fused-ring (bicyclic) bond motifs is 4. The average molecular weight is 564 g/mol. The van der Waals surface area contributed by atoms with Crippen LogP contribution in [0.5, 0.6) is 5.75 Å². The predicted octanol–water partition coefficient (Wildman–Crippen LogP) is 3.73. The molecular formula is C30H31F2N5O4. The maximum absolute atomic E-state index is 14.2. The molecule has 2 aromatic carbocycles. The number of benzene rings is 2. The minimum Gasteiger partial charge on any atom is -0.483 e. The van der Waals surface area contributed by atoms with Gasteiger partial charge >= 0.3 is 0 Å². The molecule has 1 fully saturated rings. The zero-order valence-electron chi connectivity index (χ0n) is 23.1. The molecule has 2 bridgehead atoms. The van der Waals surface area contributed by atoms with Gasteiger partial charge in [-0.15, -0.1) is 0 Å². The number of halogens is 2. The lowest BCUT2D eigenvalue weighted by Crippen LogP contribution is -2.49. The third-order valence-corrected chi connectivity index (χ3v) is 7.35. The topological polar surface area (TPSA) is 96.2 Å². The van der Waals surface area contributed by atoms with E-state index in [2.05, 4.69) is 10.4 Å². The van der Waals surface area contributed by atoms with Crippen molar-refractivity contribution < 1.29 is 23.1 Å². The molecule has 3 aromatic rings. The van der Waals surface area contributed by atoms with Crippen molar-refractivity contribution in [3.05, 3.63) is 99.0 Å². The first kappa shape index (κ1) is 28.0. The number of carbonyl (C=O) groups is 2. The SMILES string of the molecule is C[C@H]1CC/C(=N\N(C)C)[C@H]2CN1C(=O)c1c(OCc3ccccc3)c(=O)c(C(=O)NCc3ccc(F)cc3F)cn12. The quantitative estimate of drug-likeness (QED) is 0.442. The van der Waals surface area contributed by atoms with Crippen LogP contribution < -0.4 is 15.5 Å². The van der Waals surface area contributed by atoms with Gasteiger partial charge in [0, 0.05) is 51.1 Å². The summed E-state index contributed by atoms with van der Waals surface area (Å²) >= 11 is 0. The van der Waals surface area contributed by atoms with Crippen molar-refractivity contribution >= 4 is 17.5 Å². The molecule has 0 aliphatic carbocycles. The fourth-order valence-electron chi connectivity index (χ4n) is 5.22. The molecule has 41 heavy (non-hydrogen) atoms. The number of aromatic nitrogens is 1. The summed E-state index contributed by atoms with van der Waals surface area (Å²) in [6.45, 7) is 2.01. The molecule has 9 nitrogen and oxygen atoms in total. The zero-order chi connectivity index (χ0) is 29.3. The van der Waals surface area contributed by atoms with Crippen molar-refractivity contribution in [2.75, 3.05) is 20.6 Å². The Morgan fingerprint density at radius 3 is 2.61 bits per heavy atom.